The molecule has 11 heteroatoms. The van der Waals surface area contributed by atoms with Gasteiger partial charge in [-0.2, -0.15) is 13.2 Å². The van der Waals surface area contributed by atoms with Crippen molar-refractivity contribution in [2.45, 2.75) is 6.18 Å². The Labute approximate surface area is 177 Å². The van der Waals surface area contributed by atoms with Crippen molar-refractivity contribution in [1.82, 2.24) is 9.78 Å². The van der Waals surface area contributed by atoms with Crippen molar-refractivity contribution in [2.75, 3.05) is 5.32 Å². The third kappa shape index (κ3) is 4.95. The highest BCUT2D eigenvalue weighted by molar-refractivity contribution is 6.45. The van der Waals surface area contributed by atoms with Gasteiger partial charge in [-0.3, -0.25) is 9.48 Å². The first-order valence-corrected chi connectivity index (χ1v) is 9.02. The van der Waals surface area contributed by atoms with E-state index in [1.807, 2.05) is 0 Å². The topological polar surface area (TPSA) is 56.2 Å². The molecule has 152 valence electrons. The second kappa shape index (κ2) is 8.14. The van der Waals surface area contributed by atoms with E-state index in [1.54, 1.807) is 0 Å². The lowest BCUT2D eigenvalue weighted by molar-refractivity contribution is -0.137. The minimum atomic E-state index is -4.54. The van der Waals surface area contributed by atoms with Crippen molar-refractivity contribution in [3.63, 3.8) is 0 Å². The van der Waals surface area contributed by atoms with Crippen LogP contribution >= 0.6 is 34.8 Å². The van der Waals surface area contributed by atoms with Crippen molar-refractivity contribution in [1.29, 1.82) is 0 Å². The third-order valence-corrected chi connectivity index (χ3v) is 4.68. The largest absolute Gasteiger partial charge is 0.437 e. The first kappa shape index (κ1) is 21.3. The summed E-state index contributed by atoms with van der Waals surface area (Å²) < 4.78 is 45.4. The van der Waals surface area contributed by atoms with Crippen LogP contribution in [0.4, 0.5) is 18.9 Å². The van der Waals surface area contributed by atoms with Gasteiger partial charge in [0.2, 0.25) is 0 Å². The zero-order chi connectivity index (χ0) is 21.3. The van der Waals surface area contributed by atoms with Crippen LogP contribution in [0.2, 0.25) is 15.1 Å². The Hall–Kier alpha value is -2.42. The quantitative estimate of drug-likeness (QED) is 0.452. The molecular weight excluding hydrogens is 454 g/mol. The summed E-state index contributed by atoms with van der Waals surface area (Å²) >= 11 is 17.9. The predicted octanol–water partition coefficient (Wildman–Crippen LogP) is 6.44. The van der Waals surface area contributed by atoms with Crippen LogP contribution in [0.1, 0.15) is 15.9 Å². The lowest BCUT2D eigenvalue weighted by atomic mass is 10.2. The van der Waals surface area contributed by atoms with E-state index in [9.17, 15) is 18.0 Å². The monoisotopic (exact) mass is 463 g/mol. The Morgan fingerprint density at radius 3 is 2.59 bits per heavy atom. The molecule has 0 fully saturated rings. The zero-order valence-electron chi connectivity index (χ0n) is 14.5. The Morgan fingerprint density at radius 2 is 1.90 bits per heavy atom. The Balaban J connectivity index is 1.89. The molecule has 0 aliphatic rings. The fraction of sp³-hybridized carbons (Fsp3) is 0.111. The maximum atomic E-state index is 12.9. The molecule has 0 unspecified atom stereocenters. The lowest BCUT2D eigenvalue weighted by Gasteiger charge is -2.11. The zero-order valence-corrected chi connectivity index (χ0v) is 16.8. The van der Waals surface area contributed by atoms with E-state index >= 15 is 0 Å². The van der Waals surface area contributed by atoms with Crippen LogP contribution < -0.4 is 10.1 Å². The molecule has 0 aliphatic heterocycles. The molecule has 1 aromatic heterocycles. The highest BCUT2D eigenvalue weighted by Crippen LogP contribution is 2.35. The smallest absolute Gasteiger partial charge is 0.416 e. The number of carbonyl (C=O) groups is 1. The SMILES string of the molecule is Cn1cc(C(=O)Nc2cc(Cl)cc(Cl)c2Cl)c(Oc2cccc(C(F)(F)F)c2)n1. The molecule has 3 aromatic rings. The van der Waals surface area contributed by atoms with Gasteiger partial charge < -0.3 is 10.1 Å². The Bertz CT molecular complexity index is 1080. The van der Waals surface area contributed by atoms with Gasteiger partial charge in [-0.1, -0.05) is 40.9 Å². The normalized spacial score (nSPS) is 11.4. The van der Waals surface area contributed by atoms with Gasteiger partial charge >= 0.3 is 6.18 Å². The maximum absolute atomic E-state index is 12.9. The Kier molecular flexibility index (Phi) is 5.97. The van der Waals surface area contributed by atoms with Gasteiger partial charge in [-0.05, 0) is 30.3 Å². The maximum Gasteiger partial charge on any atom is 0.416 e. The summed E-state index contributed by atoms with van der Waals surface area (Å²) in [5, 5.41) is 6.98. The van der Waals surface area contributed by atoms with Crippen LogP contribution in [0.15, 0.2) is 42.6 Å². The summed E-state index contributed by atoms with van der Waals surface area (Å²) in [6.45, 7) is 0. The van der Waals surface area contributed by atoms with Crippen molar-refractivity contribution in [3.05, 3.63) is 68.8 Å². The van der Waals surface area contributed by atoms with Crippen LogP contribution in [0.5, 0.6) is 11.6 Å². The van der Waals surface area contributed by atoms with Crippen LogP contribution in [-0.2, 0) is 13.2 Å². The summed E-state index contributed by atoms with van der Waals surface area (Å²) in [6.07, 6.45) is -3.19. The van der Waals surface area contributed by atoms with Crippen LogP contribution in [0.25, 0.3) is 0 Å². The number of ether oxygens (including phenoxy) is 1. The minimum Gasteiger partial charge on any atom is -0.437 e. The van der Waals surface area contributed by atoms with Gasteiger partial charge in [-0.15, -0.1) is 5.10 Å². The number of aromatic nitrogens is 2. The molecule has 29 heavy (non-hydrogen) atoms. The van der Waals surface area contributed by atoms with Crippen molar-refractivity contribution < 1.29 is 22.7 Å². The molecule has 0 spiro atoms. The van der Waals surface area contributed by atoms with E-state index in [-0.39, 0.29) is 37.9 Å². The molecule has 0 radical (unpaired) electrons. The summed E-state index contributed by atoms with van der Waals surface area (Å²) in [6, 6.07) is 7.03. The molecule has 1 amide bonds. The number of halogens is 6. The van der Waals surface area contributed by atoms with Gasteiger partial charge in [0.15, 0.2) is 0 Å². The molecular formula is C18H11Cl3F3N3O2. The molecule has 0 bridgehead atoms. The summed E-state index contributed by atoms with van der Waals surface area (Å²) in [4.78, 5) is 12.7. The lowest BCUT2D eigenvalue weighted by Crippen LogP contribution is -2.12. The summed E-state index contributed by atoms with van der Waals surface area (Å²) in [5.74, 6) is -0.981. The molecule has 2 aromatic carbocycles. The number of nitrogens with zero attached hydrogens (tertiary/aromatic N) is 2. The molecule has 1 N–H and O–H groups in total. The second-order valence-corrected chi connectivity index (χ2v) is 7.07. The average Bonchev–Trinajstić information content (AvgIpc) is 2.99. The molecule has 0 saturated heterocycles. The number of aryl methyl sites for hydroxylation is 1. The van der Waals surface area contributed by atoms with Gasteiger partial charge in [0.25, 0.3) is 11.8 Å². The number of benzene rings is 2. The number of amides is 1. The molecule has 0 atom stereocenters. The molecule has 1 heterocycles. The van der Waals surface area contributed by atoms with Crippen LogP contribution in [0, 0.1) is 0 Å². The minimum absolute atomic E-state index is 0.0305. The second-order valence-electron chi connectivity index (χ2n) is 5.85. The van der Waals surface area contributed by atoms with E-state index in [4.69, 9.17) is 39.5 Å². The fourth-order valence-electron chi connectivity index (χ4n) is 2.38. The summed E-state index contributed by atoms with van der Waals surface area (Å²) in [5.41, 5.74) is -0.766. The van der Waals surface area contributed by atoms with E-state index in [0.29, 0.717) is 0 Å². The number of rotatable bonds is 4. The van der Waals surface area contributed by atoms with Crippen molar-refractivity contribution >= 4 is 46.4 Å². The van der Waals surface area contributed by atoms with Gasteiger partial charge in [0, 0.05) is 18.3 Å². The van der Waals surface area contributed by atoms with E-state index in [1.165, 1.54) is 42.2 Å². The van der Waals surface area contributed by atoms with E-state index < -0.39 is 17.6 Å². The number of hydrogen-bond acceptors (Lipinski definition) is 3. The molecule has 0 saturated carbocycles. The van der Waals surface area contributed by atoms with E-state index in [2.05, 4.69) is 10.4 Å². The highest BCUT2D eigenvalue weighted by Gasteiger charge is 2.31. The van der Waals surface area contributed by atoms with Crippen molar-refractivity contribution in [3.8, 4) is 11.6 Å². The first-order valence-electron chi connectivity index (χ1n) is 7.89. The van der Waals surface area contributed by atoms with E-state index in [0.717, 1.165) is 12.1 Å². The standard InChI is InChI=1S/C18H11Cl3F3N3O2/c1-27-8-12(16(28)25-14-7-10(19)6-13(20)15(14)21)17(26-27)29-11-4-2-3-9(5-11)18(22,23)24/h2-8H,1H3,(H,25,28). The van der Waals surface area contributed by atoms with Gasteiger partial charge in [0.1, 0.15) is 11.3 Å². The molecule has 0 aliphatic carbocycles. The van der Waals surface area contributed by atoms with Crippen LogP contribution in [0.3, 0.4) is 0 Å². The Morgan fingerprint density at radius 1 is 1.17 bits per heavy atom. The molecule has 5 nitrogen and oxygen atoms in total. The molecule has 3 rings (SSSR count). The van der Waals surface area contributed by atoms with Crippen LogP contribution in [-0.4, -0.2) is 15.7 Å². The first-order chi connectivity index (χ1) is 13.5. The van der Waals surface area contributed by atoms with Gasteiger partial charge in [-0.25, -0.2) is 0 Å². The third-order valence-electron chi connectivity index (χ3n) is 3.66. The number of carbonyl (C=O) groups excluding carboxylic acids is 1. The number of nitrogens with one attached hydrogen (secondary N) is 1. The van der Waals surface area contributed by atoms with Crippen molar-refractivity contribution in [2.24, 2.45) is 7.05 Å². The predicted molar refractivity (Wildman–Crippen MR) is 104 cm³/mol. The van der Waals surface area contributed by atoms with Gasteiger partial charge in [0.05, 0.1) is 21.3 Å². The number of anilines is 1. The number of alkyl halides is 3. The highest BCUT2D eigenvalue weighted by atomic mass is 35.5. The number of hydrogen-bond donors (Lipinski definition) is 1. The summed E-state index contributed by atoms with van der Waals surface area (Å²) in [7, 11) is 1.53. The fourth-order valence-corrected chi connectivity index (χ4v) is 3.03. The average molecular weight is 465 g/mol.